The van der Waals surface area contributed by atoms with E-state index in [2.05, 4.69) is 15.2 Å². The lowest BCUT2D eigenvalue weighted by molar-refractivity contribution is 0.0940. The Morgan fingerprint density at radius 3 is 2.84 bits per heavy atom. The molecule has 0 unspecified atom stereocenters. The van der Waals surface area contributed by atoms with Gasteiger partial charge >= 0.3 is 0 Å². The second kappa shape index (κ2) is 5.78. The van der Waals surface area contributed by atoms with Crippen molar-refractivity contribution >= 4 is 5.91 Å². The van der Waals surface area contributed by atoms with Gasteiger partial charge in [0.2, 0.25) is 0 Å². The average Bonchev–Trinajstić information content (AvgIpc) is 3.13. The maximum absolute atomic E-state index is 12.2. The van der Waals surface area contributed by atoms with Crippen LogP contribution in [0.15, 0.2) is 18.3 Å². The third kappa shape index (κ3) is 3.18. The number of nitrogens with zero attached hydrogens (tertiary/aromatic N) is 1. The fraction of sp³-hybridized carbons (Fsp3) is 0.667. The molecule has 0 bridgehead atoms. The van der Waals surface area contributed by atoms with Crippen molar-refractivity contribution in [2.45, 2.75) is 38.1 Å². The van der Waals surface area contributed by atoms with Crippen molar-refractivity contribution in [2.75, 3.05) is 19.6 Å². The zero-order valence-corrected chi connectivity index (χ0v) is 11.4. The first-order valence-electron chi connectivity index (χ1n) is 7.50. The third-order valence-corrected chi connectivity index (χ3v) is 4.25. The van der Waals surface area contributed by atoms with E-state index in [1.807, 2.05) is 18.3 Å². The molecule has 19 heavy (non-hydrogen) atoms. The Bertz CT molecular complexity index is 430. The molecule has 4 heteroatoms. The van der Waals surface area contributed by atoms with Gasteiger partial charge in [0.1, 0.15) is 5.69 Å². The lowest BCUT2D eigenvalue weighted by Crippen LogP contribution is -2.32. The summed E-state index contributed by atoms with van der Waals surface area (Å²) < 4.78 is 2.16. The average molecular weight is 261 g/mol. The van der Waals surface area contributed by atoms with E-state index < -0.39 is 0 Å². The summed E-state index contributed by atoms with van der Waals surface area (Å²) in [6, 6.07) is 4.40. The molecule has 1 aliphatic carbocycles. The van der Waals surface area contributed by atoms with Crippen molar-refractivity contribution in [3.05, 3.63) is 24.0 Å². The maximum Gasteiger partial charge on any atom is 0.267 e. The Balaban J connectivity index is 1.59. The molecule has 1 aromatic heterocycles. The van der Waals surface area contributed by atoms with Gasteiger partial charge in [0.15, 0.2) is 0 Å². The van der Waals surface area contributed by atoms with Crippen molar-refractivity contribution in [2.24, 2.45) is 5.92 Å². The molecule has 3 rings (SSSR count). The number of carbonyl (C=O) groups is 1. The van der Waals surface area contributed by atoms with E-state index in [-0.39, 0.29) is 5.91 Å². The summed E-state index contributed by atoms with van der Waals surface area (Å²) in [5.74, 6) is 0.959. The van der Waals surface area contributed by atoms with Gasteiger partial charge in [-0.3, -0.25) is 4.79 Å². The Morgan fingerprint density at radius 2 is 2.11 bits per heavy atom. The van der Waals surface area contributed by atoms with Crippen LogP contribution >= 0.6 is 0 Å². The minimum atomic E-state index is 0.0872. The fourth-order valence-corrected chi connectivity index (χ4v) is 2.88. The van der Waals surface area contributed by atoms with E-state index in [1.54, 1.807) is 0 Å². The van der Waals surface area contributed by atoms with Gasteiger partial charge in [0.25, 0.3) is 5.91 Å². The number of rotatable bonds is 5. The van der Waals surface area contributed by atoms with Gasteiger partial charge in [-0.15, -0.1) is 0 Å². The zero-order chi connectivity index (χ0) is 13.1. The second-order valence-electron chi connectivity index (χ2n) is 5.77. The third-order valence-electron chi connectivity index (χ3n) is 4.25. The molecule has 2 fully saturated rings. The van der Waals surface area contributed by atoms with Crippen LogP contribution in [-0.4, -0.2) is 30.1 Å². The number of nitrogens with one attached hydrogen (secondary N) is 2. The molecule has 1 aromatic rings. The quantitative estimate of drug-likeness (QED) is 0.851. The van der Waals surface area contributed by atoms with Crippen molar-refractivity contribution in [3.63, 3.8) is 0 Å². The number of aromatic nitrogens is 1. The molecule has 1 amide bonds. The predicted octanol–water partition coefficient (Wildman–Crippen LogP) is 1.94. The molecule has 1 saturated carbocycles. The highest BCUT2D eigenvalue weighted by molar-refractivity contribution is 5.92. The predicted molar refractivity (Wildman–Crippen MR) is 75.2 cm³/mol. The molecule has 2 aliphatic rings. The van der Waals surface area contributed by atoms with Gasteiger partial charge in [-0.05, 0) is 50.4 Å². The first-order chi connectivity index (χ1) is 9.34. The highest BCUT2D eigenvalue weighted by atomic mass is 16.1. The maximum atomic E-state index is 12.2. The minimum Gasteiger partial charge on any atom is -0.351 e. The highest BCUT2D eigenvalue weighted by Crippen LogP contribution is 2.31. The van der Waals surface area contributed by atoms with E-state index in [0.29, 0.717) is 6.04 Å². The highest BCUT2D eigenvalue weighted by Gasteiger charge is 2.22. The largest absolute Gasteiger partial charge is 0.351 e. The number of hydrogen-bond donors (Lipinski definition) is 2. The SMILES string of the molecule is O=C(NCCC1CC1)c1cccn1C1CCNCC1. The van der Waals surface area contributed by atoms with Crippen LogP contribution in [0, 0.1) is 5.92 Å². The fourth-order valence-electron chi connectivity index (χ4n) is 2.88. The molecule has 0 radical (unpaired) electrons. The Labute approximate surface area is 114 Å². The zero-order valence-electron chi connectivity index (χ0n) is 11.4. The number of amides is 1. The van der Waals surface area contributed by atoms with Gasteiger partial charge < -0.3 is 15.2 Å². The van der Waals surface area contributed by atoms with Gasteiger partial charge in [-0.2, -0.15) is 0 Å². The Morgan fingerprint density at radius 1 is 1.32 bits per heavy atom. The van der Waals surface area contributed by atoms with Gasteiger partial charge in [0.05, 0.1) is 0 Å². The molecule has 1 aliphatic heterocycles. The summed E-state index contributed by atoms with van der Waals surface area (Å²) in [7, 11) is 0. The van der Waals surface area contributed by atoms with Crippen LogP contribution in [0.25, 0.3) is 0 Å². The number of carbonyl (C=O) groups excluding carboxylic acids is 1. The normalized spacial score (nSPS) is 20.4. The van der Waals surface area contributed by atoms with E-state index >= 15 is 0 Å². The smallest absolute Gasteiger partial charge is 0.267 e. The summed E-state index contributed by atoms with van der Waals surface area (Å²) in [6.07, 6.45) is 8.10. The van der Waals surface area contributed by atoms with Gasteiger partial charge in [-0.25, -0.2) is 0 Å². The molecule has 2 N–H and O–H groups in total. The van der Waals surface area contributed by atoms with Crippen molar-refractivity contribution < 1.29 is 4.79 Å². The molecule has 0 spiro atoms. The molecule has 4 nitrogen and oxygen atoms in total. The van der Waals surface area contributed by atoms with E-state index in [1.165, 1.54) is 12.8 Å². The van der Waals surface area contributed by atoms with Crippen LogP contribution in [-0.2, 0) is 0 Å². The lowest BCUT2D eigenvalue weighted by atomic mass is 10.1. The summed E-state index contributed by atoms with van der Waals surface area (Å²) in [5.41, 5.74) is 0.822. The van der Waals surface area contributed by atoms with E-state index in [4.69, 9.17) is 0 Å². The second-order valence-corrected chi connectivity index (χ2v) is 5.77. The Hall–Kier alpha value is -1.29. The standard InChI is InChI=1S/C15H23N3O/c19-15(17-10-5-12-3-4-12)14-2-1-11-18(14)13-6-8-16-9-7-13/h1-2,11-13,16H,3-10H2,(H,17,19). The van der Waals surface area contributed by atoms with E-state index in [0.717, 1.165) is 50.5 Å². The van der Waals surface area contributed by atoms with Crippen LogP contribution in [0.5, 0.6) is 0 Å². The summed E-state index contributed by atoms with van der Waals surface area (Å²) in [4.78, 5) is 12.2. The summed E-state index contributed by atoms with van der Waals surface area (Å²) in [6.45, 7) is 2.91. The first kappa shape index (κ1) is 12.7. The molecule has 2 heterocycles. The van der Waals surface area contributed by atoms with E-state index in [9.17, 15) is 4.79 Å². The van der Waals surface area contributed by atoms with Crippen LogP contribution in [0.4, 0.5) is 0 Å². The minimum absolute atomic E-state index is 0.0872. The Kier molecular flexibility index (Phi) is 3.87. The summed E-state index contributed by atoms with van der Waals surface area (Å²) in [5, 5.41) is 6.43. The first-order valence-corrected chi connectivity index (χ1v) is 7.50. The molecular formula is C15H23N3O. The van der Waals surface area contributed by atoms with Crippen LogP contribution in [0.1, 0.15) is 48.6 Å². The van der Waals surface area contributed by atoms with Gasteiger partial charge in [0, 0.05) is 18.8 Å². The van der Waals surface area contributed by atoms with Crippen LogP contribution in [0.2, 0.25) is 0 Å². The van der Waals surface area contributed by atoms with Crippen molar-refractivity contribution in [1.29, 1.82) is 0 Å². The molecule has 0 atom stereocenters. The monoisotopic (exact) mass is 261 g/mol. The topological polar surface area (TPSA) is 46.1 Å². The van der Waals surface area contributed by atoms with Gasteiger partial charge in [-0.1, -0.05) is 12.8 Å². The molecular weight excluding hydrogens is 238 g/mol. The van der Waals surface area contributed by atoms with Crippen LogP contribution in [0.3, 0.4) is 0 Å². The lowest BCUT2D eigenvalue weighted by Gasteiger charge is -2.25. The van der Waals surface area contributed by atoms with Crippen molar-refractivity contribution in [1.82, 2.24) is 15.2 Å². The number of piperidine rings is 1. The van der Waals surface area contributed by atoms with Crippen LogP contribution < -0.4 is 10.6 Å². The molecule has 104 valence electrons. The molecule has 1 saturated heterocycles. The van der Waals surface area contributed by atoms with Crippen molar-refractivity contribution in [3.8, 4) is 0 Å². The molecule has 0 aromatic carbocycles. The summed E-state index contributed by atoms with van der Waals surface area (Å²) >= 11 is 0. The number of hydrogen-bond acceptors (Lipinski definition) is 2.